The van der Waals surface area contributed by atoms with Crippen LogP contribution in [0.5, 0.6) is 0 Å². The van der Waals surface area contributed by atoms with Crippen LogP contribution in [-0.4, -0.2) is 30.6 Å². The Bertz CT molecular complexity index is 177. The van der Waals surface area contributed by atoms with E-state index in [9.17, 15) is 0 Å². The minimum atomic E-state index is 0.615. The van der Waals surface area contributed by atoms with Crippen LogP contribution < -0.4 is 5.73 Å². The summed E-state index contributed by atoms with van der Waals surface area (Å²) in [6.07, 6.45) is 3.89. The van der Waals surface area contributed by atoms with Crippen molar-refractivity contribution < 1.29 is 0 Å². The van der Waals surface area contributed by atoms with Crippen molar-refractivity contribution >= 4 is 0 Å². The highest BCUT2D eigenvalue weighted by Gasteiger charge is 2.42. The Kier molecular flexibility index (Phi) is 4.60. The van der Waals surface area contributed by atoms with Gasteiger partial charge >= 0.3 is 0 Å². The molecule has 0 saturated carbocycles. The molecule has 0 spiro atoms. The van der Waals surface area contributed by atoms with Crippen LogP contribution in [0, 0.1) is 11.3 Å². The molecule has 2 heteroatoms. The Morgan fingerprint density at radius 1 is 1.20 bits per heavy atom. The maximum absolute atomic E-state index is 5.86. The van der Waals surface area contributed by atoms with Crippen molar-refractivity contribution in [2.45, 2.75) is 53.0 Å². The summed E-state index contributed by atoms with van der Waals surface area (Å²) < 4.78 is 0. The summed E-state index contributed by atoms with van der Waals surface area (Å²) in [5.41, 5.74) is 6.48. The summed E-state index contributed by atoms with van der Waals surface area (Å²) in [4.78, 5) is 2.59. The van der Waals surface area contributed by atoms with Gasteiger partial charge in [0.2, 0.25) is 0 Å². The maximum atomic E-state index is 5.86. The van der Waals surface area contributed by atoms with Gasteiger partial charge in [-0.3, -0.25) is 4.90 Å². The third kappa shape index (κ3) is 2.94. The van der Waals surface area contributed by atoms with Crippen LogP contribution in [0.1, 0.15) is 47.0 Å². The first kappa shape index (κ1) is 13.0. The molecule has 1 fully saturated rings. The first-order valence-electron chi connectivity index (χ1n) is 6.51. The summed E-state index contributed by atoms with van der Waals surface area (Å²) in [6, 6.07) is 0.622. The summed E-state index contributed by atoms with van der Waals surface area (Å²) in [6.45, 7) is 12.6. The van der Waals surface area contributed by atoms with Gasteiger partial charge in [-0.05, 0) is 30.6 Å². The van der Waals surface area contributed by atoms with Gasteiger partial charge in [0.1, 0.15) is 0 Å². The number of rotatable bonds is 6. The molecule has 1 saturated heterocycles. The van der Waals surface area contributed by atoms with Crippen molar-refractivity contribution in [3.05, 3.63) is 0 Å². The van der Waals surface area contributed by atoms with Gasteiger partial charge in [-0.25, -0.2) is 0 Å². The van der Waals surface area contributed by atoms with Gasteiger partial charge < -0.3 is 5.73 Å². The Balaban J connectivity index is 2.41. The van der Waals surface area contributed by atoms with E-state index in [0.29, 0.717) is 11.5 Å². The van der Waals surface area contributed by atoms with Gasteiger partial charge in [-0.15, -0.1) is 0 Å². The lowest BCUT2D eigenvalue weighted by molar-refractivity contribution is -0.0393. The zero-order valence-electron chi connectivity index (χ0n) is 10.9. The lowest BCUT2D eigenvalue weighted by atomic mass is 9.74. The van der Waals surface area contributed by atoms with Crippen LogP contribution >= 0.6 is 0 Å². The van der Waals surface area contributed by atoms with Gasteiger partial charge in [0.15, 0.2) is 0 Å². The standard InChI is InChI=1S/C13H28N2/c1-5-13(6-2)9-15(10-13)12(8-14)7-11(3)4/h11-12H,5-10,14H2,1-4H3. The molecule has 90 valence electrons. The number of hydrogen-bond donors (Lipinski definition) is 1. The molecule has 0 bridgehead atoms. The smallest absolute Gasteiger partial charge is 0.0221 e. The number of likely N-dealkylation sites (tertiary alicyclic amines) is 1. The molecule has 0 aliphatic carbocycles. The van der Waals surface area contributed by atoms with Gasteiger partial charge in [-0.1, -0.05) is 27.7 Å². The molecule has 0 radical (unpaired) electrons. The Labute approximate surface area is 95.2 Å². The molecule has 15 heavy (non-hydrogen) atoms. The maximum Gasteiger partial charge on any atom is 0.0221 e. The van der Waals surface area contributed by atoms with Crippen LogP contribution in [0.15, 0.2) is 0 Å². The van der Waals surface area contributed by atoms with Crippen molar-refractivity contribution in [2.75, 3.05) is 19.6 Å². The predicted octanol–water partition coefficient (Wildman–Crippen LogP) is 2.48. The first-order chi connectivity index (χ1) is 7.06. The van der Waals surface area contributed by atoms with Crippen molar-refractivity contribution in [1.29, 1.82) is 0 Å². The van der Waals surface area contributed by atoms with Crippen LogP contribution in [0.2, 0.25) is 0 Å². The van der Waals surface area contributed by atoms with Crippen molar-refractivity contribution in [2.24, 2.45) is 17.1 Å². The minimum Gasteiger partial charge on any atom is -0.329 e. The van der Waals surface area contributed by atoms with Gasteiger partial charge in [0.25, 0.3) is 0 Å². The van der Waals surface area contributed by atoms with Gasteiger partial charge in [0.05, 0.1) is 0 Å². The van der Waals surface area contributed by atoms with E-state index in [0.717, 1.165) is 12.5 Å². The molecule has 1 heterocycles. The molecule has 2 N–H and O–H groups in total. The molecule has 0 aromatic carbocycles. The van der Waals surface area contributed by atoms with E-state index in [1.807, 2.05) is 0 Å². The summed E-state index contributed by atoms with van der Waals surface area (Å²) in [5.74, 6) is 0.761. The molecule has 1 atom stereocenters. The Morgan fingerprint density at radius 3 is 2.07 bits per heavy atom. The second-order valence-electron chi connectivity index (χ2n) is 5.63. The molecule has 1 aliphatic rings. The highest BCUT2D eigenvalue weighted by molar-refractivity contribution is 4.96. The zero-order chi connectivity index (χ0) is 11.5. The average molecular weight is 212 g/mol. The monoisotopic (exact) mass is 212 g/mol. The summed E-state index contributed by atoms with van der Waals surface area (Å²) >= 11 is 0. The average Bonchev–Trinajstić information content (AvgIpc) is 2.15. The van der Waals surface area contributed by atoms with E-state index in [-0.39, 0.29) is 0 Å². The Morgan fingerprint density at radius 2 is 1.73 bits per heavy atom. The zero-order valence-corrected chi connectivity index (χ0v) is 10.9. The lowest BCUT2D eigenvalue weighted by Crippen LogP contribution is -2.61. The third-order valence-corrected chi connectivity index (χ3v) is 4.11. The van der Waals surface area contributed by atoms with Crippen LogP contribution in [0.3, 0.4) is 0 Å². The van der Waals surface area contributed by atoms with E-state index >= 15 is 0 Å². The molecule has 0 aromatic rings. The number of nitrogens with zero attached hydrogens (tertiary/aromatic N) is 1. The molecular formula is C13H28N2. The van der Waals surface area contributed by atoms with Crippen molar-refractivity contribution in [3.63, 3.8) is 0 Å². The van der Waals surface area contributed by atoms with Gasteiger partial charge in [-0.2, -0.15) is 0 Å². The largest absolute Gasteiger partial charge is 0.329 e. The van der Waals surface area contributed by atoms with E-state index in [4.69, 9.17) is 5.73 Å². The fourth-order valence-corrected chi connectivity index (χ4v) is 2.71. The molecular weight excluding hydrogens is 184 g/mol. The van der Waals surface area contributed by atoms with E-state index in [1.54, 1.807) is 0 Å². The quantitative estimate of drug-likeness (QED) is 0.733. The first-order valence-corrected chi connectivity index (χ1v) is 6.51. The van der Waals surface area contributed by atoms with E-state index in [1.165, 1.54) is 32.4 Å². The fraction of sp³-hybridized carbons (Fsp3) is 1.00. The molecule has 0 aromatic heterocycles. The summed E-state index contributed by atoms with van der Waals surface area (Å²) in [7, 11) is 0. The van der Waals surface area contributed by atoms with Crippen LogP contribution in [-0.2, 0) is 0 Å². The van der Waals surface area contributed by atoms with Crippen molar-refractivity contribution in [1.82, 2.24) is 4.90 Å². The molecule has 1 rings (SSSR count). The molecule has 0 amide bonds. The third-order valence-electron chi connectivity index (χ3n) is 4.11. The predicted molar refractivity (Wildman–Crippen MR) is 66.9 cm³/mol. The molecule has 2 nitrogen and oxygen atoms in total. The Hall–Kier alpha value is -0.0800. The van der Waals surface area contributed by atoms with Gasteiger partial charge in [0, 0.05) is 25.7 Å². The second kappa shape index (κ2) is 5.31. The topological polar surface area (TPSA) is 29.3 Å². The van der Waals surface area contributed by atoms with E-state index in [2.05, 4.69) is 32.6 Å². The minimum absolute atomic E-state index is 0.615. The summed E-state index contributed by atoms with van der Waals surface area (Å²) in [5, 5.41) is 0. The SMILES string of the molecule is CCC1(CC)CN(C(CN)CC(C)C)C1. The van der Waals surface area contributed by atoms with Crippen LogP contribution in [0.4, 0.5) is 0 Å². The van der Waals surface area contributed by atoms with Crippen LogP contribution in [0.25, 0.3) is 0 Å². The number of hydrogen-bond acceptors (Lipinski definition) is 2. The second-order valence-corrected chi connectivity index (χ2v) is 5.63. The molecule has 1 unspecified atom stereocenters. The van der Waals surface area contributed by atoms with E-state index < -0.39 is 0 Å². The van der Waals surface area contributed by atoms with Crippen molar-refractivity contribution in [3.8, 4) is 0 Å². The lowest BCUT2D eigenvalue weighted by Gasteiger charge is -2.53. The normalized spacial score (nSPS) is 22.8. The molecule has 1 aliphatic heterocycles. The number of nitrogens with two attached hydrogens (primary N) is 1. The highest BCUT2D eigenvalue weighted by Crippen LogP contribution is 2.38. The highest BCUT2D eigenvalue weighted by atomic mass is 15.2. The fourth-order valence-electron chi connectivity index (χ4n) is 2.71.